The van der Waals surface area contributed by atoms with Gasteiger partial charge >= 0.3 is 0 Å². The van der Waals surface area contributed by atoms with Crippen molar-refractivity contribution in [2.24, 2.45) is 0 Å². The highest BCUT2D eigenvalue weighted by molar-refractivity contribution is 7.98. The molecule has 0 bridgehead atoms. The van der Waals surface area contributed by atoms with Crippen LogP contribution in [0.25, 0.3) is 0 Å². The summed E-state index contributed by atoms with van der Waals surface area (Å²) in [4.78, 5) is 13.1. The topological polar surface area (TPSA) is 55.1 Å². The Morgan fingerprint density at radius 3 is 3.13 bits per heavy atom. The molecule has 15 heavy (non-hydrogen) atoms. The van der Waals surface area contributed by atoms with Crippen LogP contribution >= 0.6 is 23.1 Å². The van der Waals surface area contributed by atoms with Gasteiger partial charge in [-0.05, 0) is 24.7 Å². The highest BCUT2D eigenvalue weighted by Crippen LogP contribution is 2.37. The minimum absolute atomic E-state index is 0.0144. The average Bonchev–Trinajstić information content (AvgIpc) is 2.54. The van der Waals surface area contributed by atoms with E-state index >= 15 is 0 Å². The number of nitrogens with two attached hydrogens (primary N) is 1. The molecule has 1 aromatic heterocycles. The summed E-state index contributed by atoms with van der Waals surface area (Å²) >= 11 is 3.47. The third-order valence-corrected chi connectivity index (χ3v) is 4.64. The Morgan fingerprint density at radius 2 is 2.40 bits per heavy atom. The summed E-state index contributed by atoms with van der Waals surface area (Å²) in [5.41, 5.74) is 7.82. The zero-order chi connectivity index (χ0) is 10.8. The van der Waals surface area contributed by atoms with Crippen LogP contribution in [0.1, 0.15) is 27.7 Å². The number of nitrogens with one attached hydrogen (secondary N) is 1. The van der Waals surface area contributed by atoms with E-state index in [1.807, 2.05) is 18.7 Å². The Kier molecular flexibility index (Phi) is 3.21. The summed E-state index contributed by atoms with van der Waals surface area (Å²) in [6.45, 7) is 2.57. The minimum Gasteiger partial charge on any atom is -0.390 e. The van der Waals surface area contributed by atoms with Crippen LogP contribution in [0, 0.1) is 0 Å². The van der Waals surface area contributed by atoms with E-state index in [-0.39, 0.29) is 5.91 Å². The third kappa shape index (κ3) is 1.99. The molecule has 3 nitrogen and oxygen atoms in total. The molecule has 0 saturated heterocycles. The van der Waals surface area contributed by atoms with Gasteiger partial charge in [-0.1, -0.05) is 0 Å². The summed E-state index contributed by atoms with van der Waals surface area (Å²) in [7, 11) is 0. The number of nitrogen functional groups attached to an aromatic ring is 1. The number of hydrogen-bond donors (Lipinski definition) is 2. The van der Waals surface area contributed by atoms with E-state index in [0.717, 1.165) is 23.5 Å². The lowest BCUT2D eigenvalue weighted by molar-refractivity contribution is 0.0956. The predicted octanol–water partition coefficient (Wildman–Crippen LogP) is 1.87. The van der Waals surface area contributed by atoms with Crippen molar-refractivity contribution < 1.29 is 4.79 Å². The Labute approximate surface area is 97.4 Å². The van der Waals surface area contributed by atoms with Crippen LogP contribution in [0.4, 0.5) is 5.00 Å². The van der Waals surface area contributed by atoms with Gasteiger partial charge in [-0.15, -0.1) is 11.3 Å². The van der Waals surface area contributed by atoms with Crippen molar-refractivity contribution >= 4 is 34.0 Å². The first-order valence-corrected chi connectivity index (χ1v) is 6.97. The lowest BCUT2D eigenvalue weighted by Crippen LogP contribution is -2.24. The molecule has 0 aliphatic carbocycles. The molecular formula is C10H14N2OS2. The highest BCUT2D eigenvalue weighted by atomic mass is 32.2. The van der Waals surface area contributed by atoms with E-state index in [2.05, 4.69) is 5.32 Å². The van der Waals surface area contributed by atoms with E-state index in [4.69, 9.17) is 5.73 Å². The van der Waals surface area contributed by atoms with Crippen LogP contribution in [-0.4, -0.2) is 18.2 Å². The third-order valence-electron chi connectivity index (χ3n) is 2.41. The Hall–Kier alpha value is -0.680. The smallest absolute Gasteiger partial charge is 0.254 e. The number of carbonyl (C=O) groups excluding carboxylic acids is 1. The minimum atomic E-state index is -0.0144. The number of anilines is 1. The fraction of sp³-hybridized carbons (Fsp3) is 0.500. The maximum atomic E-state index is 11.8. The lowest BCUT2D eigenvalue weighted by atomic mass is 10.1. The fourth-order valence-electron chi connectivity index (χ4n) is 1.75. The second-order valence-electron chi connectivity index (χ2n) is 3.41. The summed E-state index contributed by atoms with van der Waals surface area (Å²) in [6, 6.07) is 0. The SMILES string of the molecule is CCNC(=O)c1c(N)sc2c1CCSC2. The van der Waals surface area contributed by atoms with Gasteiger partial charge in [0, 0.05) is 17.2 Å². The van der Waals surface area contributed by atoms with Gasteiger partial charge in [0.25, 0.3) is 5.91 Å². The van der Waals surface area contributed by atoms with Crippen molar-refractivity contribution in [3.8, 4) is 0 Å². The molecule has 0 spiro atoms. The van der Waals surface area contributed by atoms with Crippen molar-refractivity contribution in [1.82, 2.24) is 5.32 Å². The van der Waals surface area contributed by atoms with Gasteiger partial charge in [0.2, 0.25) is 0 Å². The molecule has 1 amide bonds. The van der Waals surface area contributed by atoms with Crippen molar-refractivity contribution in [3.63, 3.8) is 0 Å². The lowest BCUT2D eigenvalue weighted by Gasteiger charge is -2.12. The zero-order valence-electron chi connectivity index (χ0n) is 8.63. The van der Waals surface area contributed by atoms with Crippen molar-refractivity contribution in [3.05, 3.63) is 16.0 Å². The molecule has 0 unspecified atom stereocenters. The van der Waals surface area contributed by atoms with Gasteiger partial charge in [0.15, 0.2) is 0 Å². The molecular weight excluding hydrogens is 228 g/mol. The van der Waals surface area contributed by atoms with Gasteiger partial charge < -0.3 is 11.1 Å². The standard InChI is InChI=1S/C10H14N2OS2/c1-2-12-10(13)8-6-3-4-14-5-7(6)15-9(8)11/h2-5,11H2,1H3,(H,12,13). The fourth-order valence-corrected chi connectivity index (χ4v) is 4.00. The number of rotatable bonds is 2. The van der Waals surface area contributed by atoms with E-state index in [1.165, 1.54) is 10.4 Å². The molecule has 2 heterocycles. The van der Waals surface area contributed by atoms with Gasteiger partial charge in [-0.25, -0.2) is 0 Å². The molecule has 82 valence electrons. The second kappa shape index (κ2) is 4.45. The van der Waals surface area contributed by atoms with E-state index < -0.39 is 0 Å². The highest BCUT2D eigenvalue weighted by Gasteiger charge is 2.23. The number of thioether (sulfide) groups is 1. The number of thiophene rings is 1. The quantitative estimate of drug-likeness (QED) is 0.832. The maximum absolute atomic E-state index is 11.8. The maximum Gasteiger partial charge on any atom is 0.254 e. The van der Waals surface area contributed by atoms with Crippen LogP contribution in [0.5, 0.6) is 0 Å². The molecule has 0 aromatic carbocycles. The van der Waals surface area contributed by atoms with Crippen LogP contribution in [0.3, 0.4) is 0 Å². The van der Waals surface area contributed by atoms with E-state index in [0.29, 0.717) is 11.5 Å². The van der Waals surface area contributed by atoms with Crippen molar-refractivity contribution in [1.29, 1.82) is 0 Å². The van der Waals surface area contributed by atoms with Crippen LogP contribution in [0.15, 0.2) is 0 Å². The van der Waals surface area contributed by atoms with Crippen LogP contribution in [-0.2, 0) is 12.2 Å². The summed E-state index contributed by atoms with van der Waals surface area (Å²) in [5, 5.41) is 3.49. The van der Waals surface area contributed by atoms with Crippen LogP contribution < -0.4 is 11.1 Å². The molecule has 0 atom stereocenters. The van der Waals surface area contributed by atoms with Gasteiger partial charge in [-0.2, -0.15) is 11.8 Å². The first kappa shape index (κ1) is 10.8. The van der Waals surface area contributed by atoms with E-state index in [9.17, 15) is 4.79 Å². The summed E-state index contributed by atoms with van der Waals surface area (Å²) in [6.07, 6.45) is 0.972. The summed E-state index contributed by atoms with van der Waals surface area (Å²) < 4.78 is 0. The molecule has 1 aliphatic rings. The van der Waals surface area contributed by atoms with Crippen molar-refractivity contribution in [2.75, 3.05) is 18.0 Å². The number of carbonyl (C=O) groups is 1. The molecule has 5 heteroatoms. The van der Waals surface area contributed by atoms with Crippen LogP contribution in [0.2, 0.25) is 0 Å². The Bertz CT molecular complexity index is 387. The Morgan fingerprint density at radius 1 is 1.60 bits per heavy atom. The molecule has 0 saturated carbocycles. The zero-order valence-corrected chi connectivity index (χ0v) is 10.3. The molecule has 2 rings (SSSR count). The number of fused-ring (bicyclic) bond motifs is 1. The molecule has 1 aromatic rings. The van der Waals surface area contributed by atoms with E-state index in [1.54, 1.807) is 11.3 Å². The monoisotopic (exact) mass is 242 g/mol. The molecule has 1 aliphatic heterocycles. The number of amides is 1. The second-order valence-corrected chi connectivity index (χ2v) is 5.65. The molecule has 0 fully saturated rings. The normalized spacial score (nSPS) is 14.7. The van der Waals surface area contributed by atoms with Gasteiger partial charge in [-0.3, -0.25) is 4.79 Å². The molecule has 0 radical (unpaired) electrons. The largest absolute Gasteiger partial charge is 0.390 e. The average molecular weight is 242 g/mol. The van der Waals surface area contributed by atoms with Gasteiger partial charge in [0.1, 0.15) is 0 Å². The predicted molar refractivity (Wildman–Crippen MR) is 66.6 cm³/mol. The summed E-state index contributed by atoms with van der Waals surface area (Å²) in [5.74, 6) is 2.08. The first-order valence-electron chi connectivity index (χ1n) is 5.00. The van der Waals surface area contributed by atoms with Crippen molar-refractivity contribution in [2.45, 2.75) is 19.1 Å². The Balaban J connectivity index is 2.37. The number of hydrogen-bond acceptors (Lipinski definition) is 4. The first-order chi connectivity index (χ1) is 7.24. The molecule has 3 N–H and O–H groups in total. The van der Waals surface area contributed by atoms with Gasteiger partial charge in [0.05, 0.1) is 10.6 Å².